The first-order chi connectivity index (χ1) is 70.1. The van der Waals surface area contributed by atoms with Crippen molar-refractivity contribution in [2.24, 2.45) is 27.9 Å². The van der Waals surface area contributed by atoms with E-state index < -0.39 is 243 Å². The monoisotopic (exact) mass is 2210 g/mol. The van der Waals surface area contributed by atoms with E-state index >= 15 is 0 Å². The number of halogens is 10. The fraction of sp³-hybridized carbons (Fsp3) is 0.629. The number of esters is 2. The summed E-state index contributed by atoms with van der Waals surface area (Å²) in [4.78, 5) is 296. The molecule has 0 saturated carbocycles. The number of benzene rings is 2. The molecule has 0 spiro atoms. The third kappa shape index (κ3) is 42.1. The maximum absolute atomic E-state index is 13.6. The number of likely N-dealkylation sites (tertiary alicyclic amines) is 3. The van der Waals surface area contributed by atoms with Crippen LogP contribution in [0.5, 0.6) is 11.5 Å². The SMILES string of the molecule is C.CC(=O)C(C(C)=O)(C(C)=O)C(=O)CCSC1CC(=O)N(CCC(=O)NCCOCCOCCC(=O)Oc2c(F)c(F)c(F)c(F)c2F)C1=O.CC(=O)C(C(C)=O)(C(C)=O)C(=O)CCSC1CC(=O)N(CCC(=O)NCCOCCOCCC(=O)Oc2c(F)c(F)c(F)c(F)c2F)C1=O.CC(C)CCCCN.CCCCCNC(=O)CCOCCOCCNC(=O)CCN1C(=O)CC(SCCC(=O)C(C(C)=O)(C(C)=O)C(C)=O)C1=O. The normalized spacial score (nSPS) is 14.4. The summed E-state index contributed by atoms with van der Waals surface area (Å²) in [5.74, 6) is -43.2. The van der Waals surface area contributed by atoms with E-state index in [2.05, 4.69) is 51.5 Å². The number of imide groups is 3. The van der Waals surface area contributed by atoms with E-state index in [0.29, 0.717) is 26.4 Å². The fourth-order valence-corrected chi connectivity index (χ4v) is 18.1. The number of carbonyl (C=O) groups excluding carboxylic acids is 24. The Bertz CT molecular complexity index is 4750. The Kier molecular flexibility index (Phi) is 63.9. The Morgan fingerprint density at radius 3 is 0.813 bits per heavy atom. The molecule has 3 fully saturated rings. The highest BCUT2D eigenvalue weighted by Gasteiger charge is 2.55. The third-order valence-electron chi connectivity index (χ3n) is 22.6. The van der Waals surface area contributed by atoms with Crippen molar-refractivity contribution >= 4 is 176 Å². The van der Waals surface area contributed by atoms with Crippen LogP contribution >= 0.6 is 35.3 Å². The number of nitrogens with zero attached hydrogens (tertiary/aromatic N) is 3. The lowest BCUT2D eigenvalue weighted by atomic mass is 9.72. The predicted octanol–water partition coefficient (Wildman–Crippen LogP) is 6.78. The van der Waals surface area contributed by atoms with Gasteiger partial charge in [0.15, 0.2) is 69.4 Å². The average molecular weight is 2210 g/mol. The summed E-state index contributed by atoms with van der Waals surface area (Å²) in [6.07, 6.45) is 4.10. The van der Waals surface area contributed by atoms with Gasteiger partial charge >= 0.3 is 11.9 Å². The van der Waals surface area contributed by atoms with Gasteiger partial charge in [0.1, 0.15) is 0 Å². The Hall–Kier alpha value is -11.2. The van der Waals surface area contributed by atoms with Crippen molar-refractivity contribution in [1.82, 2.24) is 36.0 Å². The molecule has 3 heterocycles. The number of carbonyl (C=O) groups is 24. The molecule has 3 unspecified atom stereocenters. The van der Waals surface area contributed by atoms with Crippen LogP contribution in [0.15, 0.2) is 0 Å². The lowest BCUT2D eigenvalue weighted by molar-refractivity contribution is -0.155. The summed E-state index contributed by atoms with van der Waals surface area (Å²) in [6, 6.07) is 0. The lowest BCUT2D eigenvalue weighted by Crippen LogP contribution is -2.50. The highest BCUT2D eigenvalue weighted by Crippen LogP contribution is 2.36. The van der Waals surface area contributed by atoms with Crippen LogP contribution in [0, 0.1) is 80.3 Å². The second kappa shape index (κ2) is 70.1. The molecular formula is C97H132F10N8O32S3. The highest BCUT2D eigenvalue weighted by molar-refractivity contribution is 8.01. The molecule has 3 atom stereocenters. The molecule has 6 N–H and O–H groups in total. The Morgan fingerprint density at radius 1 is 0.327 bits per heavy atom. The van der Waals surface area contributed by atoms with Gasteiger partial charge < -0.3 is 64.9 Å². The molecule has 10 amide bonds. The van der Waals surface area contributed by atoms with Crippen LogP contribution < -0.4 is 36.5 Å². The van der Waals surface area contributed by atoms with Crippen molar-refractivity contribution in [3.63, 3.8) is 0 Å². The first kappa shape index (κ1) is 137. The Morgan fingerprint density at radius 2 is 0.567 bits per heavy atom. The van der Waals surface area contributed by atoms with E-state index in [1.165, 1.54) is 19.3 Å². The summed E-state index contributed by atoms with van der Waals surface area (Å²) in [7, 11) is 0. The largest absolute Gasteiger partial charge is 0.420 e. The van der Waals surface area contributed by atoms with Gasteiger partial charge in [-0.2, -0.15) is 17.6 Å². The van der Waals surface area contributed by atoms with E-state index in [9.17, 15) is 159 Å². The zero-order valence-corrected chi connectivity index (χ0v) is 87.2. The molecule has 3 saturated heterocycles. The zero-order chi connectivity index (χ0) is 113. The van der Waals surface area contributed by atoms with Crippen molar-refractivity contribution in [1.29, 1.82) is 0 Å². The molecule has 0 bridgehead atoms. The number of amides is 10. The fourth-order valence-electron chi connectivity index (χ4n) is 14.7. The number of unbranched alkanes of at least 4 members (excludes halogenated alkanes) is 3. The Labute approximate surface area is 872 Å². The number of hydrogen-bond acceptors (Lipinski definition) is 36. The number of hydrogen-bond donors (Lipinski definition) is 5. The molecule has 150 heavy (non-hydrogen) atoms. The van der Waals surface area contributed by atoms with Gasteiger partial charge in [0.2, 0.25) is 145 Å². The Balaban J connectivity index is 0.00000108. The van der Waals surface area contributed by atoms with Crippen molar-refractivity contribution in [3.05, 3.63) is 58.2 Å². The molecule has 3 aliphatic rings. The van der Waals surface area contributed by atoms with Crippen LogP contribution in [0.25, 0.3) is 0 Å². The zero-order valence-electron chi connectivity index (χ0n) is 84.8. The first-order valence-electron chi connectivity index (χ1n) is 47.4. The molecule has 0 aliphatic carbocycles. The standard InChI is InChI=1S/2C30H33F5N2O11S.C29H45N3O10S.C7H17N.CH4/c2*1-15(38)30(16(2)39,17(3)40)19(41)6-13-49-18-14-21(43)37(29(18)45)8-4-20(42)36-7-10-47-12-11-46-9-5-22(44)48-28-26(34)24(32)23(31)25(33)27(28)35;1-5-6-7-11-30-26(38)9-14-41-16-17-42-15-12-31-25(37)8-13-32-27(39)19-23(28(32)40)43-18-10-24(36)29(20(2)33,21(3)34)22(4)35;1-7(2)5-3-4-6-8;/h2*18H,4-14H2,1-3H3,(H,36,42);23H,5-19H2,1-4H3,(H,30,38)(H,31,37);7H,3-6,8H2,1-2H3;1H4. The van der Waals surface area contributed by atoms with Crippen LogP contribution in [-0.4, -0.2) is 320 Å². The minimum atomic E-state index is -2.40. The van der Waals surface area contributed by atoms with Gasteiger partial charge in [0.25, 0.3) is 0 Å². The van der Waals surface area contributed by atoms with Gasteiger partial charge in [-0.15, -0.1) is 35.3 Å². The molecule has 2 aromatic carbocycles. The lowest BCUT2D eigenvalue weighted by Gasteiger charge is -2.24. The topological polar surface area (TPSA) is 567 Å². The maximum Gasteiger partial charge on any atom is 0.313 e. The molecule has 3 aliphatic heterocycles. The van der Waals surface area contributed by atoms with E-state index in [-0.39, 0.29) is 199 Å². The quantitative estimate of drug-likeness (QED) is 0.00665. The summed E-state index contributed by atoms with van der Waals surface area (Å²) in [6.45, 7) is 17.2. The molecule has 53 heteroatoms. The van der Waals surface area contributed by atoms with Crippen LogP contribution in [0.3, 0.4) is 0 Å². The average Bonchev–Trinajstić information content (AvgIpc) is 0.939. The molecule has 0 aromatic heterocycles. The number of nitrogens with two attached hydrogens (primary N) is 1. The smallest absolute Gasteiger partial charge is 0.313 e. The van der Waals surface area contributed by atoms with Gasteiger partial charge in [0.05, 0.1) is 108 Å². The minimum absolute atomic E-state index is 0. The summed E-state index contributed by atoms with van der Waals surface area (Å²) in [5, 5.41) is 8.06. The predicted molar refractivity (Wildman–Crippen MR) is 517 cm³/mol. The number of thioether (sulfide) groups is 3. The summed E-state index contributed by atoms with van der Waals surface area (Å²) < 4.78 is 173. The first-order valence-corrected chi connectivity index (χ1v) is 50.5. The van der Waals surface area contributed by atoms with Crippen LogP contribution in [0.4, 0.5) is 43.9 Å². The summed E-state index contributed by atoms with van der Waals surface area (Å²) in [5.41, 5.74) is -1.79. The number of rotatable bonds is 70. The van der Waals surface area contributed by atoms with E-state index in [4.69, 9.17) is 34.2 Å². The second-order valence-corrected chi connectivity index (χ2v) is 37.8. The van der Waals surface area contributed by atoms with E-state index in [1.807, 2.05) is 0 Å². The van der Waals surface area contributed by atoms with E-state index in [1.54, 1.807) is 0 Å². The van der Waals surface area contributed by atoms with Crippen molar-refractivity contribution in [3.8, 4) is 11.5 Å². The number of ether oxygens (including phenoxy) is 8. The summed E-state index contributed by atoms with van der Waals surface area (Å²) >= 11 is 2.96. The van der Waals surface area contributed by atoms with Gasteiger partial charge in [-0.1, -0.05) is 53.9 Å². The van der Waals surface area contributed by atoms with E-state index in [0.717, 1.165) is 144 Å². The number of Topliss-reactive ketones (excluding diaryl/α,β-unsaturated/α-hetero) is 12. The molecule has 0 radical (unpaired) electrons. The van der Waals surface area contributed by atoms with Gasteiger partial charge in [-0.3, -0.25) is 130 Å². The highest BCUT2D eigenvalue weighted by atomic mass is 32.2. The molecule has 840 valence electrons. The second-order valence-electron chi connectivity index (χ2n) is 33.8. The van der Waals surface area contributed by atoms with Crippen LogP contribution in [-0.2, 0) is 143 Å². The van der Waals surface area contributed by atoms with Gasteiger partial charge in [0, 0.05) is 127 Å². The number of ketones is 12. The third-order valence-corrected chi connectivity index (χ3v) is 26.2. The minimum Gasteiger partial charge on any atom is -0.420 e. The molecule has 40 nitrogen and oxygen atoms in total. The molecular weight excluding hydrogens is 2080 g/mol. The van der Waals surface area contributed by atoms with Crippen LogP contribution in [0.2, 0.25) is 0 Å². The molecule has 5 rings (SSSR count). The van der Waals surface area contributed by atoms with Gasteiger partial charge in [-0.25, -0.2) is 26.3 Å². The maximum atomic E-state index is 13.6. The molecule has 2 aromatic rings. The van der Waals surface area contributed by atoms with Crippen molar-refractivity contribution in [2.75, 3.05) is 149 Å². The van der Waals surface area contributed by atoms with Crippen molar-refractivity contribution in [2.45, 2.75) is 222 Å². The van der Waals surface area contributed by atoms with Crippen LogP contribution in [0.1, 0.15) is 206 Å². The van der Waals surface area contributed by atoms with Crippen molar-refractivity contribution < 1.29 is 197 Å². The van der Waals surface area contributed by atoms with Gasteiger partial charge in [-0.05, 0) is 87.6 Å². The number of nitrogens with one attached hydrogen (secondary N) is 4.